The maximum Gasteiger partial charge on any atom is 0.345 e. The maximum absolute atomic E-state index is 11.0. The van der Waals surface area contributed by atoms with E-state index in [1.807, 2.05) is 13.0 Å². The van der Waals surface area contributed by atoms with E-state index >= 15 is 0 Å². The quantitative estimate of drug-likeness (QED) is 0.912. The van der Waals surface area contributed by atoms with Gasteiger partial charge in [-0.25, -0.2) is 4.79 Å². The van der Waals surface area contributed by atoms with E-state index in [0.29, 0.717) is 4.88 Å². The van der Waals surface area contributed by atoms with Crippen LogP contribution in [0.2, 0.25) is 0 Å². The Bertz CT molecular complexity index is 619. The summed E-state index contributed by atoms with van der Waals surface area (Å²) in [5.41, 5.74) is 3.69. The van der Waals surface area contributed by atoms with E-state index in [1.54, 1.807) is 6.07 Å². The van der Waals surface area contributed by atoms with Gasteiger partial charge in [0.25, 0.3) is 0 Å². The first-order chi connectivity index (χ1) is 9.47. The molecule has 0 aliphatic rings. The van der Waals surface area contributed by atoms with Crippen molar-refractivity contribution < 1.29 is 9.90 Å². The second-order valence-corrected chi connectivity index (χ2v) is 6.35. The Hall–Kier alpha value is -1.65. The van der Waals surface area contributed by atoms with Gasteiger partial charge < -0.3 is 5.11 Å². The van der Waals surface area contributed by atoms with E-state index in [9.17, 15) is 4.79 Å². The molecule has 20 heavy (non-hydrogen) atoms. The third-order valence-corrected chi connectivity index (χ3v) is 4.45. The van der Waals surface area contributed by atoms with Gasteiger partial charge in [-0.05, 0) is 43.7 Å². The Balaban J connectivity index is 2.06. The highest BCUT2D eigenvalue weighted by Crippen LogP contribution is 2.23. The van der Waals surface area contributed by atoms with Gasteiger partial charge in [0.05, 0.1) is 0 Å². The fraction of sp³-hybridized carbons (Fsp3) is 0.312. The number of nitrogens with zero attached hydrogens (tertiary/aromatic N) is 1. The Kier molecular flexibility index (Phi) is 4.57. The van der Waals surface area contributed by atoms with Crippen LogP contribution >= 0.6 is 11.3 Å². The first-order valence-electron chi connectivity index (χ1n) is 6.53. The van der Waals surface area contributed by atoms with Crippen LogP contribution in [0, 0.1) is 13.8 Å². The maximum atomic E-state index is 11.0. The number of aryl methyl sites for hydroxylation is 2. The van der Waals surface area contributed by atoms with Crippen molar-refractivity contribution >= 4 is 17.3 Å². The standard InChI is InChI=1S/C16H19NO2S/c1-11-6-4-5-7-13(11)9-17(3)10-14-8-15(16(18)19)20-12(14)2/h4-8H,9-10H2,1-3H3,(H,18,19). The van der Waals surface area contributed by atoms with Gasteiger partial charge in [0.2, 0.25) is 0 Å². The van der Waals surface area contributed by atoms with Crippen LogP contribution in [0.4, 0.5) is 0 Å². The normalized spacial score (nSPS) is 11.0. The van der Waals surface area contributed by atoms with Gasteiger partial charge in [0.15, 0.2) is 0 Å². The van der Waals surface area contributed by atoms with Crippen LogP contribution in [0.15, 0.2) is 30.3 Å². The van der Waals surface area contributed by atoms with Crippen LogP contribution in [0.5, 0.6) is 0 Å². The third kappa shape index (κ3) is 3.46. The molecule has 1 aromatic heterocycles. The molecule has 0 fully saturated rings. The number of thiophene rings is 1. The molecular formula is C16H19NO2S. The lowest BCUT2D eigenvalue weighted by Crippen LogP contribution is -2.17. The number of carboxylic acid groups (broad SMARTS) is 1. The zero-order valence-electron chi connectivity index (χ0n) is 12.0. The molecule has 0 amide bonds. The monoisotopic (exact) mass is 289 g/mol. The molecule has 0 saturated carbocycles. The number of carboxylic acids is 1. The number of hydrogen-bond donors (Lipinski definition) is 1. The number of benzene rings is 1. The molecule has 2 aromatic rings. The molecule has 1 aromatic carbocycles. The molecule has 1 N–H and O–H groups in total. The van der Waals surface area contributed by atoms with Gasteiger partial charge in [0, 0.05) is 18.0 Å². The summed E-state index contributed by atoms with van der Waals surface area (Å²) in [6.45, 7) is 5.73. The summed E-state index contributed by atoms with van der Waals surface area (Å²) in [4.78, 5) is 14.7. The average Bonchev–Trinajstić information content (AvgIpc) is 2.74. The largest absolute Gasteiger partial charge is 0.477 e. The van der Waals surface area contributed by atoms with Crippen molar-refractivity contribution in [2.45, 2.75) is 26.9 Å². The van der Waals surface area contributed by atoms with E-state index in [0.717, 1.165) is 23.5 Å². The Labute approximate surface area is 123 Å². The molecule has 1 heterocycles. The van der Waals surface area contributed by atoms with Crippen LogP contribution in [0.3, 0.4) is 0 Å². The van der Waals surface area contributed by atoms with E-state index in [4.69, 9.17) is 5.11 Å². The summed E-state index contributed by atoms with van der Waals surface area (Å²) in [7, 11) is 2.06. The minimum absolute atomic E-state index is 0.418. The summed E-state index contributed by atoms with van der Waals surface area (Å²) in [6, 6.07) is 10.1. The first kappa shape index (κ1) is 14.8. The lowest BCUT2D eigenvalue weighted by Gasteiger charge is -2.18. The highest BCUT2D eigenvalue weighted by Gasteiger charge is 2.12. The van der Waals surface area contributed by atoms with Gasteiger partial charge in [-0.3, -0.25) is 4.90 Å². The third-order valence-electron chi connectivity index (χ3n) is 3.37. The van der Waals surface area contributed by atoms with Crippen LogP contribution in [0.1, 0.15) is 31.2 Å². The molecule has 0 aliphatic carbocycles. The summed E-state index contributed by atoms with van der Waals surface area (Å²) < 4.78 is 0. The molecule has 2 rings (SSSR count). The van der Waals surface area contributed by atoms with Crippen LogP contribution in [0.25, 0.3) is 0 Å². The number of hydrogen-bond acceptors (Lipinski definition) is 3. The van der Waals surface area contributed by atoms with Crippen molar-refractivity contribution in [2.24, 2.45) is 0 Å². The van der Waals surface area contributed by atoms with Crippen molar-refractivity contribution in [2.75, 3.05) is 7.05 Å². The second kappa shape index (κ2) is 6.20. The molecule has 0 saturated heterocycles. The smallest absolute Gasteiger partial charge is 0.345 e. The molecule has 106 valence electrons. The Morgan fingerprint density at radius 2 is 1.85 bits per heavy atom. The van der Waals surface area contributed by atoms with Crippen molar-refractivity contribution in [3.8, 4) is 0 Å². The fourth-order valence-electron chi connectivity index (χ4n) is 2.21. The average molecular weight is 289 g/mol. The molecule has 0 aliphatic heterocycles. The fourth-order valence-corrected chi connectivity index (χ4v) is 3.08. The van der Waals surface area contributed by atoms with Crippen molar-refractivity contribution in [1.29, 1.82) is 0 Å². The van der Waals surface area contributed by atoms with Crippen molar-refractivity contribution in [3.63, 3.8) is 0 Å². The second-order valence-electron chi connectivity index (χ2n) is 5.10. The van der Waals surface area contributed by atoms with Gasteiger partial charge >= 0.3 is 5.97 Å². The van der Waals surface area contributed by atoms with E-state index in [-0.39, 0.29) is 0 Å². The van der Waals surface area contributed by atoms with Crippen molar-refractivity contribution in [1.82, 2.24) is 4.90 Å². The van der Waals surface area contributed by atoms with E-state index in [2.05, 4.69) is 37.1 Å². The number of rotatable bonds is 5. The lowest BCUT2D eigenvalue weighted by atomic mass is 10.1. The Morgan fingerprint density at radius 1 is 1.20 bits per heavy atom. The molecule has 4 heteroatoms. The molecule has 0 unspecified atom stereocenters. The van der Waals surface area contributed by atoms with Crippen LogP contribution in [-0.2, 0) is 13.1 Å². The predicted octanol–water partition coefficient (Wildman–Crippen LogP) is 3.70. The van der Waals surface area contributed by atoms with Gasteiger partial charge in [-0.2, -0.15) is 0 Å². The van der Waals surface area contributed by atoms with E-state index < -0.39 is 5.97 Å². The zero-order chi connectivity index (χ0) is 14.7. The lowest BCUT2D eigenvalue weighted by molar-refractivity contribution is 0.0702. The minimum atomic E-state index is -0.842. The Morgan fingerprint density at radius 3 is 2.45 bits per heavy atom. The topological polar surface area (TPSA) is 40.5 Å². The van der Waals surface area contributed by atoms with E-state index in [1.165, 1.54) is 22.5 Å². The number of aromatic carboxylic acids is 1. The summed E-state index contributed by atoms with van der Waals surface area (Å²) in [5.74, 6) is -0.842. The molecule has 0 atom stereocenters. The number of carbonyl (C=O) groups is 1. The molecule has 0 radical (unpaired) electrons. The summed E-state index contributed by atoms with van der Waals surface area (Å²) >= 11 is 1.35. The highest BCUT2D eigenvalue weighted by atomic mass is 32.1. The van der Waals surface area contributed by atoms with Crippen LogP contribution in [-0.4, -0.2) is 23.0 Å². The SMILES string of the molecule is Cc1ccccc1CN(C)Cc1cc(C(=O)O)sc1C. The highest BCUT2D eigenvalue weighted by molar-refractivity contribution is 7.14. The van der Waals surface area contributed by atoms with Crippen LogP contribution < -0.4 is 0 Å². The minimum Gasteiger partial charge on any atom is -0.477 e. The summed E-state index contributed by atoms with van der Waals surface area (Å²) in [6.07, 6.45) is 0. The van der Waals surface area contributed by atoms with Crippen molar-refractivity contribution in [3.05, 3.63) is 56.8 Å². The van der Waals surface area contributed by atoms with Gasteiger partial charge in [-0.1, -0.05) is 24.3 Å². The summed E-state index contributed by atoms with van der Waals surface area (Å²) in [5, 5.41) is 9.03. The molecular weight excluding hydrogens is 270 g/mol. The molecule has 0 bridgehead atoms. The predicted molar refractivity (Wildman–Crippen MR) is 82.4 cm³/mol. The van der Waals surface area contributed by atoms with Gasteiger partial charge in [0.1, 0.15) is 4.88 Å². The molecule has 3 nitrogen and oxygen atoms in total. The zero-order valence-corrected chi connectivity index (χ0v) is 12.8. The van der Waals surface area contributed by atoms with Gasteiger partial charge in [-0.15, -0.1) is 11.3 Å². The first-order valence-corrected chi connectivity index (χ1v) is 7.34. The molecule has 0 spiro atoms.